The van der Waals surface area contributed by atoms with Crippen molar-refractivity contribution in [2.24, 2.45) is 0 Å². The van der Waals surface area contributed by atoms with E-state index in [0.717, 1.165) is 4.90 Å². The molecular weight excluding hydrogens is 320 g/mol. The Morgan fingerprint density at radius 3 is 2.12 bits per heavy atom. The van der Waals surface area contributed by atoms with Gasteiger partial charge in [0, 0.05) is 6.92 Å². The Kier molecular flexibility index (Phi) is 5.25. The lowest BCUT2D eigenvalue weighted by atomic mass is 10.1. The molecule has 0 aliphatic carbocycles. The van der Waals surface area contributed by atoms with Crippen LogP contribution in [0.25, 0.3) is 0 Å². The fraction of sp³-hybridized carbons (Fsp3) is 0.267. The quantitative estimate of drug-likeness (QED) is 0.548. The zero-order valence-electron chi connectivity index (χ0n) is 12.7. The van der Waals surface area contributed by atoms with E-state index in [1.54, 1.807) is 12.1 Å². The SMILES string of the molecule is CC(=O)NCC(=O)OCC(=O)OCN1C(=O)c2ccccc2C1=O. The Labute approximate surface area is 136 Å². The monoisotopic (exact) mass is 334 g/mol. The summed E-state index contributed by atoms with van der Waals surface area (Å²) < 4.78 is 9.32. The maximum absolute atomic E-state index is 12.0. The maximum atomic E-state index is 12.0. The Morgan fingerprint density at radius 1 is 1.00 bits per heavy atom. The summed E-state index contributed by atoms with van der Waals surface area (Å²) in [6.45, 7) is -0.416. The fourth-order valence-corrected chi connectivity index (χ4v) is 1.92. The molecule has 1 aromatic rings. The van der Waals surface area contributed by atoms with Crippen LogP contribution in [-0.4, -0.2) is 54.4 Å². The molecule has 1 N–H and O–H groups in total. The van der Waals surface area contributed by atoms with Crippen molar-refractivity contribution in [3.63, 3.8) is 0 Å². The van der Waals surface area contributed by atoms with Crippen LogP contribution in [0.3, 0.4) is 0 Å². The highest BCUT2D eigenvalue weighted by atomic mass is 16.6. The Morgan fingerprint density at radius 2 is 1.58 bits per heavy atom. The molecular formula is C15H14N2O7. The van der Waals surface area contributed by atoms with Gasteiger partial charge in [0.1, 0.15) is 6.54 Å². The van der Waals surface area contributed by atoms with Gasteiger partial charge in [-0.15, -0.1) is 0 Å². The number of benzene rings is 1. The normalized spacial score (nSPS) is 12.6. The summed E-state index contributed by atoms with van der Waals surface area (Å²) in [5.41, 5.74) is 0.473. The summed E-state index contributed by atoms with van der Waals surface area (Å²) in [6.07, 6.45) is 0. The number of hydrogen-bond acceptors (Lipinski definition) is 7. The van der Waals surface area contributed by atoms with Crippen LogP contribution in [0.4, 0.5) is 0 Å². The van der Waals surface area contributed by atoms with Crippen molar-refractivity contribution < 1.29 is 33.4 Å². The predicted octanol–water partition coefficient (Wildman–Crippen LogP) is -0.537. The molecule has 1 aliphatic rings. The molecule has 24 heavy (non-hydrogen) atoms. The highest BCUT2D eigenvalue weighted by molar-refractivity contribution is 6.21. The average molecular weight is 334 g/mol. The second-order valence-corrected chi connectivity index (χ2v) is 4.80. The van der Waals surface area contributed by atoms with Crippen LogP contribution < -0.4 is 5.32 Å². The number of carbonyl (C=O) groups excluding carboxylic acids is 5. The molecule has 0 spiro atoms. The minimum Gasteiger partial charge on any atom is -0.452 e. The number of carbonyl (C=O) groups is 5. The van der Waals surface area contributed by atoms with E-state index in [0.29, 0.717) is 0 Å². The molecule has 126 valence electrons. The lowest BCUT2D eigenvalue weighted by Gasteiger charge is -2.13. The number of esters is 2. The minimum absolute atomic E-state index is 0.236. The molecule has 1 heterocycles. The van der Waals surface area contributed by atoms with Crippen LogP contribution in [-0.2, 0) is 23.9 Å². The summed E-state index contributed by atoms with van der Waals surface area (Å²) in [7, 11) is 0. The first kappa shape index (κ1) is 17.1. The summed E-state index contributed by atoms with van der Waals surface area (Å²) in [5.74, 6) is -3.29. The van der Waals surface area contributed by atoms with Gasteiger partial charge >= 0.3 is 11.9 Å². The van der Waals surface area contributed by atoms with Crippen molar-refractivity contribution in [3.05, 3.63) is 35.4 Å². The van der Waals surface area contributed by atoms with Gasteiger partial charge in [-0.05, 0) is 12.1 Å². The van der Waals surface area contributed by atoms with E-state index in [1.807, 2.05) is 0 Å². The van der Waals surface area contributed by atoms with Gasteiger partial charge in [0.05, 0.1) is 11.1 Å². The van der Waals surface area contributed by atoms with Gasteiger partial charge < -0.3 is 14.8 Å². The molecule has 0 unspecified atom stereocenters. The number of imide groups is 1. The molecule has 0 radical (unpaired) electrons. The van der Waals surface area contributed by atoms with Crippen molar-refractivity contribution in [2.45, 2.75) is 6.92 Å². The highest BCUT2D eigenvalue weighted by Gasteiger charge is 2.35. The van der Waals surface area contributed by atoms with Crippen molar-refractivity contribution >= 4 is 29.7 Å². The maximum Gasteiger partial charge on any atom is 0.346 e. The molecule has 2 rings (SSSR count). The van der Waals surface area contributed by atoms with Gasteiger partial charge in [-0.2, -0.15) is 0 Å². The molecule has 1 aromatic carbocycles. The second-order valence-electron chi connectivity index (χ2n) is 4.80. The van der Waals surface area contributed by atoms with Crippen molar-refractivity contribution in [3.8, 4) is 0 Å². The molecule has 0 atom stereocenters. The third-order valence-corrected chi connectivity index (χ3v) is 3.07. The molecule has 0 saturated carbocycles. The average Bonchev–Trinajstić information content (AvgIpc) is 2.80. The Bertz CT molecular complexity index is 679. The van der Waals surface area contributed by atoms with Crippen LogP contribution >= 0.6 is 0 Å². The number of amides is 3. The number of fused-ring (bicyclic) bond motifs is 1. The van der Waals surface area contributed by atoms with Gasteiger partial charge in [-0.1, -0.05) is 12.1 Å². The smallest absolute Gasteiger partial charge is 0.346 e. The van der Waals surface area contributed by atoms with Crippen LogP contribution in [0.2, 0.25) is 0 Å². The van der Waals surface area contributed by atoms with E-state index >= 15 is 0 Å². The van der Waals surface area contributed by atoms with E-state index in [4.69, 9.17) is 4.74 Å². The number of nitrogens with zero attached hydrogens (tertiary/aromatic N) is 1. The van der Waals surface area contributed by atoms with Crippen LogP contribution in [0.15, 0.2) is 24.3 Å². The lowest BCUT2D eigenvalue weighted by Crippen LogP contribution is -2.34. The third kappa shape index (κ3) is 3.94. The highest BCUT2D eigenvalue weighted by Crippen LogP contribution is 2.21. The van der Waals surface area contributed by atoms with Gasteiger partial charge in [0.25, 0.3) is 11.8 Å². The molecule has 0 bridgehead atoms. The lowest BCUT2D eigenvalue weighted by molar-refractivity contribution is -0.160. The fourth-order valence-electron chi connectivity index (χ4n) is 1.92. The standard InChI is InChI=1S/C15H14N2O7/c1-9(18)16-6-12(19)23-7-13(20)24-8-17-14(21)10-4-2-3-5-11(10)15(17)22/h2-5H,6-8H2,1H3,(H,16,18). The number of rotatable bonds is 6. The number of nitrogens with one attached hydrogen (secondary N) is 1. The van der Waals surface area contributed by atoms with E-state index in [1.165, 1.54) is 19.1 Å². The first-order chi connectivity index (χ1) is 11.4. The summed E-state index contributed by atoms with van der Waals surface area (Å²) >= 11 is 0. The van der Waals surface area contributed by atoms with E-state index < -0.39 is 43.0 Å². The molecule has 9 heteroatoms. The first-order valence-corrected chi connectivity index (χ1v) is 6.91. The second kappa shape index (κ2) is 7.36. The molecule has 0 fully saturated rings. The predicted molar refractivity (Wildman–Crippen MR) is 77.5 cm³/mol. The van der Waals surface area contributed by atoms with Gasteiger partial charge in [0.15, 0.2) is 13.3 Å². The molecule has 1 aliphatic heterocycles. The molecule has 9 nitrogen and oxygen atoms in total. The zero-order valence-corrected chi connectivity index (χ0v) is 12.7. The van der Waals surface area contributed by atoms with Gasteiger partial charge in [-0.3, -0.25) is 19.2 Å². The van der Waals surface area contributed by atoms with Crippen LogP contribution in [0.1, 0.15) is 27.6 Å². The van der Waals surface area contributed by atoms with Gasteiger partial charge in [0.2, 0.25) is 5.91 Å². The summed E-state index contributed by atoms with van der Waals surface area (Å²) in [5, 5.41) is 2.20. The summed E-state index contributed by atoms with van der Waals surface area (Å²) in [4.78, 5) is 58.1. The van der Waals surface area contributed by atoms with Crippen LogP contribution in [0.5, 0.6) is 0 Å². The first-order valence-electron chi connectivity index (χ1n) is 6.91. The minimum atomic E-state index is -0.928. The number of ether oxygens (including phenoxy) is 2. The summed E-state index contributed by atoms with van der Waals surface area (Å²) in [6, 6.07) is 6.24. The van der Waals surface area contributed by atoms with E-state index in [9.17, 15) is 24.0 Å². The van der Waals surface area contributed by atoms with Gasteiger partial charge in [-0.25, -0.2) is 9.69 Å². The van der Waals surface area contributed by atoms with Crippen molar-refractivity contribution in [1.82, 2.24) is 10.2 Å². The molecule has 0 saturated heterocycles. The zero-order chi connectivity index (χ0) is 17.7. The third-order valence-electron chi connectivity index (χ3n) is 3.07. The van der Waals surface area contributed by atoms with Crippen molar-refractivity contribution in [1.29, 1.82) is 0 Å². The van der Waals surface area contributed by atoms with E-state index in [2.05, 4.69) is 10.1 Å². The van der Waals surface area contributed by atoms with Crippen LogP contribution in [0, 0.1) is 0 Å². The van der Waals surface area contributed by atoms with E-state index in [-0.39, 0.29) is 17.7 Å². The Balaban J connectivity index is 1.79. The van der Waals surface area contributed by atoms with Crippen molar-refractivity contribution in [2.75, 3.05) is 19.9 Å². The Hall–Kier alpha value is -3.23. The largest absolute Gasteiger partial charge is 0.452 e. The molecule has 0 aromatic heterocycles. The number of hydrogen-bond donors (Lipinski definition) is 1. The molecule has 3 amide bonds. The topological polar surface area (TPSA) is 119 Å².